The fourth-order valence-corrected chi connectivity index (χ4v) is 2.78. The van der Waals surface area contributed by atoms with Crippen molar-refractivity contribution in [3.63, 3.8) is 0 Å². The van der Waals surface area contributed by atoms with Crippen molar-refractivity contribution in [2.45, 2.75) is 99.3 Å². The molecule has 0 aliphatic heterocycles. The molecule has 29 heavy (non-hydrogen) atoms. The third-order valence-electron chi connectivity index (χ3n) is 5.82. The number of carbonyl (C=O) groups excluding carboxylic acids is 4. The van der Waals surface area contributed by atoms with E-state index in [9.17, 15) is 19.2 Å². The molecule has 0 atom stereocenters. The van der Waals surface area contributed by atoms with Crippen molar-refractivity contribution >= 4 is 23.4 Å². The van der Waals surface area contributed by atoms with E-state index in [0.29, 0.717) is 32.4 Å². The fraction of sp³-hybridized carbons (Fsp3) is 0.826. The van der Waals surface area contributed by atoms with Crippen LogP contribution in [0, 0.1) is 10.8 Å². The molecule has 0 saturated carbocycles. The Bertz CT molecular complexity index is 505. The van der Waals surface area contributed by atoms with Gasteiger partial charge in [0, 0.05) is 36.8 Å². The predicted octanol–water partition coefficient (Wildman–Crippen LogP) is 3.96. The number of carbonyl (C=O) groups is 4. The Morgan fingerprint density at radius 3 is 1.24 bits per heavy atom. The van der Waals surface area contributed by atoms with Crippen LogP contribution >= 0.6 is 0 Å². The Morgan fingerprint density at radius 2 is 0.931 bits per heavy atom. The first-order valence-corrected chi connectivity index (χ1v) is 10.9. The summed E-state index contributed by atoms with van der Waals surface area (Å²) in [6, 6.07) is 0. The van der Waals surface area contributed by atoms with Crippen LogP contribution in [0.2, 0.25) is 0 Å². The van der Waals surface area contributed by atoms with E-state index in [2.05, 4.69) is 10.6 Å². The summed E-state index contributed by atoms with van der Waals surface area (Å²) in [5.74, 6) is 0.324. The van der Waals surface area contributed by atoms with Crippen molar-refractivity contribution in [3.8, 4) is 0 Å². The van der Waals surface area contributed by atoms with Gasteiger partial charge in [-0.3, -0.25) is 19.2 Å². The van der Waals surface area contributed by atoms with Crippen LogP contribution in [0.1, 0.15) is 99.3 Å². The maximum Gasteiger partial charge on any atom is 0.220 e. The molecule has 6 heteroatoms. The zero-order chi connectivity index (χ0) is 22.5. The minimum Gasteiger partial charge on any atom is -0.356 e. The van der Waals surface area contributed by atoms with Crippen LogP contribution in [-0.2, 0) is 19.2 Å². The molecule has 0 aromatic rings. The maximum atomic E-state index is 11.8. The molecule has 0 heterocycles. The number of rotatable bonds is 16. The molecule has 0 fully saturated rings. The van der Waals surface area contributed by atoms with Crippen LogP contribution in [0.25, 0.3) is 0 Å². The number of ketones is 2. The van der Waals surface area contributed by atoms with Gasteiger partial charge in [-0.1, -0.05) is 40.5 Å². The van der Waals surface area contributed by atoms with E-state index in [-0.39, 0.29) is 34.2 Å². The molecule has 0 unspecified atom stereocenters. The minimum atomic E-state index is -0.291. The van der Waals surface area contributed by atoms with Gasteiger partial charge in [-0.25, -0.2) is 0 Å². The summed E-state index contributed by atoms with van der Waals surface area (Å²) in [5, 5.41) is 5.74. The lowest BCUT2D eigenvalue weighted by Gasteiger charge is -2.20. The molecule has 2 amide bonds. The Balaban J connectivity index is 3.68. The molecule has 0 spiro atoms. The van der Waals surface area contributed by atoms with E-state index in [1.54, 1.807) is 13.8 Å². The molecule has 0 aliphatic carbocycles. The van der Waals surface area contributed by atoms with E-state index in [0.717, 1.165) is 38.5 Å². The average Bonchev–Trinajstić information content (AvgIpc) is 2.60. The monoisotopic (exact) mass is 410 g/mol. The van der Waals surface area contributed by atoms with Gasteiger partial charge in [0.25, 0.3) is 0 Å². The van der Waals surface area contributed by atoms with Gasteiger partial charge in [0.15, 0.2) is 0 Å². The van der Waals surface area contributed by atoms with Crippen LogP contribution in [-0.4, -0.2) is 36.5 Å². The third-order valence-corrected chi connectivity index (χ3v) is 5.82. The second-order valence-corrected chi connectivity index (χ2v) is 9.35. The summed E-state index contributed by atoms with van der Waals surface area (Å²) in [6.07, 6.45) is 6.38. The average molecular weight is 411 g/mol. The summed E-state index contributed by atoms with van der Waals surface area (Å²) >= 11 is 0. The topological polar surface area (TPSA) is 92.3 Å². The molecule has 0 aromatic heterocycles. The zero-order valence-corrected chi connectivity index (χ0v) is 19.4. The van der Waals surface area contributed by atoms with Gasteiger partial charge in [-0.15, -0.1) is 0 Å². The van der Waals surface area contributed by atoms with E-state index >= 15 is 0 Å². The Morgan fingerprint density at radius 1 is 0.586 bits per heavy atom. The highest BCUT2D eigenvalue weighted by Crippen LogP contribution is 2.24. The first kappa shape index (κ1) is 27.3. The van der Waals surface area contributed by atoms with Gasteiger partial charge in [-0.2, -0.15) is 0 Å². The second kappa shape index (κ2) is 13.5. The van der Waals surface area contributed by atoms with Crippen molar-refractivity contribution in [2.24, 2.45) is 10.8 Å². The van der Waals surface area contributed by atoms with Gasteiger partial charge in [-0.05, 0) is 46.0 Å². The summed E-state index contributed by atoms with van der Waals surface area (Å²) in [6.45, 7) is 12.3. The van der Waals surface area contributed by atoms with Gasteiger partial charge < -0.3 is 10.6 Å². The molecule has 0 aromatic carbocycles. The van der Waals surface area contributed by atoms with Crippen molar-refractivity contribution in [1.82, 2.24) is 10.6 Å². The smallest absolute Gasteiger partial charge is 0.220 e. The quantitative estimate of drug-likeness (QED) is 0.377. The first-order chi connectivity index (χ1) is 13.4. The van der Waals surface area contributed by atoms with Crippen molar-refractivity contribution < 1.29 is 19.2 Å². The highest BCUT2D eigenvalue weighted by molar-refractivity contribution is 5.81. The van der Waals surface area contributed by atoms with Gasteiger partial charge >= 0.3 is 0 Å². The van der Waals surface area contributed by atoms with E-state index < -0.39 is 0 Å². The van der Waals surface area contributed by atoms with Crippen molar-refractivity contribution in [1.29, 1.82) is 0 Å². The number of hydrogen-bond acceptors (Lipinski definition) is 4. The number of Topliss-reactive ketones (excluding diaryl/α,β-unsaturated/α-hetero) is 2. The summed E-state index contributed by atoms with van der Waals surface area (Å²) < 4.78 is 0. The van der Waals surface area contributed by atoms with E-state index in [4.69, 9.17) is 0 Å². The molecule has 0 bridgehead atoms. The molecule has 168 valence electrons. The highest BCUT2D eigenvalue weighted by Gasteiger charge is 2.23. The molecule has 0 radical (unpaired) electrons. The van der Waals surface area contributed by atoms with Crippen LogP contribution in [0.5, 0.6) is 0 Å². The molecule has 0 aliphatic rings. The minimum absolute atomic E-state index is 0.0323. The number of nitrogens with one attached hydrogen (secondary N) is 2. The third kappa shape index (κ3) is 13.2. The summed E-state index contributed by atoms with van der Waals surface area (Å²) in [5.41, 5.74) is -0.581. The van der Waals surface area contributed by atoms with E-state index in [1.807, 2.05) is 27.7 Å². The fourth-order valence-electron chi connectivity index (χ4n) is 2.78. The number of hydrogen-bond donors (Lipinski definition) is 2. The van der Waals surface area contributed by atoms with Crippen molar-refractivity contribution in [3.05, 3.63) is 0 Å². The molecule has 2 N–H and O–H groups in total. The predicted molar refractivity (Wildman–Crippen MR) is 116 cm³/mol. The Hall–Kier alpha value is -1.72. The van der Waals surface area contributed by atoms with Crippen molar-refractivity contribution in [2.75, 3.05) is 13.1 Å². The first-order valence-electron chi connectivity index (χ1n) is 10.9. The SMILES string of the molecule is CC(=O)C(C)(C)CCCCNC(=O)CCCC(=O)NCCCCC(C)(C)C(C)=O. The molecular formula is C23H42N2O4. The lowest BCUT2D eigenvalue weighted by Crippen LogP contribution is -2.27. The second-order valence-electron chi connectivity index (χ2n) is 9.35. The van der Waals surface area contributed by atoms with Crippen LogP contribution in [0.4, 0.5) is 0 Å². The zero-order valence-electron chi connectivity index (χ0n) is 19.4. The molecule has 0 rings (SSSR count). The number of amides is 2. The lowest BCUT2D eigenvalue weighted by atomic mass is 9.83. The van der Waals surface area contributed by atoms with E-state index in [1.165, 1.54) is 0 Å². The molecule has 0 saturated heterocycles. The number of unbranched alkanes of at least 4 members (excludes halogenated alkanes) is 2. The normalized spacial score (nSPS) is 11.8. The maximum absolute atomic E-state index is 11.8. The summed E-state index contributed by atoms with van der Waals surface area (Å²) in [4.78, 5) is 46.5. The van der Waals surface area contributed by atoms with Gasteiger partial charge in [0.05, 0.1) is 0 Å². The largest absolute Gasteiger partial charge is 0.356 e. The lowest BCUT2D eigenvalue weighted by molar-refractivity contribution is -0.125. The Kier molecular flexibility index (Phi) is 12.7. The summed E-state index contributed by atoms with van der Waals surface area (Å²) in [7, 11) is 0. The van der Waals surface area contributed by atoms with Crippen LogP contribution in [0.15, 0.2) is 0 Å². The van der Waals surface area contributed by atoms with Gasteiger partial charge in [0.1, 0.15) is 11.6 Å². The molecule has 6 nitrogen and oxygen atoms in total. The Labute approximate surface area is 177 Å². The standard InChI is InChI=1S/C23H42N2O4/c1-18(26)22(3,4)14-7-9-16-24-20(28)12-11-13-21(29)25-17-10-8-15-23(5,6)19(2)27/h7-17H2,1-6H3,(H,24,28)(H,25,29). The van der Waals surface area contributed by atoms with Crippen LogP contribution < -0.4 is 10.6 Å². The van der Waals surface area contributed by atoms with Crippen LogP contribution in [0.3, 0.4) is 0 Å². The molecular weight excluding hydrogens is 368 g/mol. The van der Waals surface area contributed by atoms with Gasteiger partial charge in [0.2, 0.25) is 11.8 Å². The highest BCUT2D eigenvalue weighted by atomic mass is 16.2.